The predicted octanol–water partition coefficient (Wildman–Crippen LogP) is 4.13. The number of piperidine rings is 1. The molecule has 3 heteroatoms. The lowest BCUT2D eigenvalue weighted by atomic mass is 10.0. The summed E-state index contributed by atoms with van der Waals surface area (Å²) in [6.07, 6.45) is 3.84. The van der Waals surface area contributed by atoms with Crippen LogP contribution in [0.15, 0.2) is 60.7 Å². The van der Waals surface area contributed by atoms with E-state index in [-0.39, 0.29) is 5.91 Å². The third-order valence-electron chi connectivity index (χ3n) is 5.38. The summed E-state index contributed by atoms with van der Waals surface area (Å²) in [6, 6.07) is 21.4. The first kappa shape index (κ1) is 18.7. The van der Waals surface area contributed by atoms with Gasteiger partial charge in [0.25, 0.3) is 0 Å². The number of likely N-dealkylation sites (tertiary alicyclic amines) is 1. The van der Waals surface area contributed by atoms with Crippen molar-refractivity contribution in [3.05, 3.63) is 71.8 Å². The Morgan fingerprint density at radius 1 is 0.962 bits per heavy atom. The topological polar surface area (TPSA) is 23.6 Å². The Balaban J connectivity index is 1.53. The zero-order valence-corrected chi connectivity index (χ0v) is 15.8. The third kappa shape index (κ3) is 5.18. The van der Waals surface area contributed by atoms with Crippen LogP contribution in [-0.2, 0) is 17.8 Å². The molecule has 1 aliphatic rings. The molecule has 0 radical (unpaired) electrons. The monoisotopic (exact) mass is 350 g/mol. The van der Waals surface area contributed by atoms with E-state index < -0.39 is 0 Å². The molecule has 2 aromatic rings. The quantitative estimate of drug-likeness (QED) is 0.749. The average Bonchev–Trinajstić information content (AvgIpc) is 2.72. The molecule has 0 unspecified atom stereocenters. The van der Waals surface area contributed by atoms with E-state index in [1.165, 1.54) is 11.1 Å². The van der Waals surface area contributed by atoms with Gasteiger partial charge in [0.05, 0.1) is 0 Å². The molecular formula is C23H30N2O. The van der Waals surface area contributed by atoms with E-state index in [2.05, 4.69) is 64.4 Å². The van der Waals surface area contributed by atoms with E-state index in [0.717, 1.165) is 45.4 Å². The number of benzene rings is 2. The van der Waals surface area contributed by atoms with E-state index in [4.69, 9.17) is 0 Å². The summed E-state index contributed by atoms with van der Waals surface area (Å²) in [5.41, 5.74) is 2.63. The van der Waals surface area contributed by atoms with E-state index >= 15 is 0 Å². The van der Waals surface area contributed by atoms with E-state index in [9.17, 15) is 4.79 Å². The molecule has 0 bridgehead atoms. The minimum atomic E-state index is 0.275. The van der Waals surface area contributed by atoms with Crippen LogP contribution in [0.1, 0.15) is 37.3 Å². The Bertz CT molecular complexity index is 663. The summed E-state index contributed by atoms with van der Waals surface area (Å²) in [4.78, 5) is 17.2. The summed E-state index contributed by atoms with van der Waals surface area (Å²) in [5.74, 6) is 0.275. The molecule has 2 aromatic carbocycles. The zero-order valence-electron chi connectivity index (χ0n) is 15.8. The fourth-order valence-electron chi connectivity index (χ4n) is 3.79. The minimum absolute atomic E-state index is 0.275. The molecule has 0 N–H and O–H groups in total. The van der Waals surface area contributed by atoms with Gasteiger partial charge in [-0.15, -0.1) is 0 Å². The number of carbonyl (C=O) groups is 1. The Hall–Kier alpha value is -2.13. The molecule has 0 aliphatic carbocycles. The highest BCUT2D eigenvalue weighted by molar-refractivity contribution is 5.76. The van der Waals surface area contributed by atoms with Crippen molar-refractivity contribution >= 4 is 5.91 Å². The van der Waals surface area contributed by atoms with Crippen LogP contribution in [0.5, 0.6) is 0 Å². The molecular weight excluding hydrogens is 320 g/mol. The summed E-state index contributed by atoms with van der Waals surface area (Å²) >= 11 is 0. The molecule has 0 aromatic heterocycles. The minimum Gasteiger partial charge on any atom is -0.335 e. The summed E-state index contributed by atoms with van der Waals surface area (Å²) in [6.45, 7) is 5.98. The maximum absolute atomic E-state index is 12.5. The maximum Gasteiger partial charge on any atom is 0.222 e. The van der Waals surface area contributed by atoms with Gasteiger partial charge in [-0.05, 0) is 30.4 Å². The van der Waals surface area contributed by atoms with Crippen LogP contribution in [0.2, 0.25) is 0 Å². The van der Waals surface area contributed by atoms with E-state index in [1.54, 1.807) is 0 Å². The smallest absolute Gasteiger partial charge is 0.222 e. The van der Waals surface area contributed by atoms with E-state index in [0.29, 0.717) is 12.5 Å². The molecule has 1 saturated heterocycles. The Morgan fingerprint density at radius 2 is 1.54 bits per heavy atom. The first-order valence-electron chi connectivity index (χ1n) is 9.86. The van der Waals surface area contributed by atoms with Crippen molar-refractivity contribution in [2.75, 3.05) is 19.6 Å². The number of rotatable bonds is 7. The molecule has 1 aliphatic heterocycles. The van der Waals surface area contributed by atoms with Gasteiger partial charge in [0.15, 0.2) is 0 Å². The molecule has 0 atom stereocenters. The molecule has 1 heterocycles. The largest absolute Gasteiger partial charge is 0.335 e. The molecule has 0 saturated carbocycles. The van der Waals surface area contributed by atoms with Crippen molar-refractivity contribution in [3.8, 4) is 0 Å². The van der Waals surface area contributed by atoms with Gasteiger partial charge >= 0.3 is 0 Å². The van der Waals surface area contributed by atoms with Gasteiger partial charge in [-0.3, -0.25) is 4.79 Å². The van der Waals surface area contributed by atoms with Crippen LogP contribution in [0.25, 0.3) is 0 Å². The molecule has 26 heavy (non-hydrogen) atoms. The Kier molecular flexibility index (Phi) is 6.84. The van der Waals surface area contributed by atoms with Gasteiger partial charge in [-0.2, -0.15) is 0 Å². The first-order valence-corrected chi connectivity index (χ1v) is 9.86. The molecule has 0 spiro atoms. The molecule has 3 nitrogen and oxygen atoms in total. The Labute approximate surface area is 157 Å². The molecule has 1 fully saturated rings. The highest BCUT2D eigenvalue weighted by atomic mass is 16.2. The van der Waals surface area contributed by atoms with Crippen LogP contribution in [-0.4, -0.2) is 41.4 Å². The van der Waals surface area contributed by atoms with Crippen LogP contribution in [0.3, 0.4) is 0 Å². The average molecular weight is 351 g/mol. The van der Waals surface area contributed by atoms with Gasteiger partial charge in [-0.25, -0.2) is 0 Å². The standard InChI is InChI=1S/C23H30N2O/c1-2-23(26)25(19-21-11-7-4-8-12-21)22-14-17-24(18-15-22)16-13-20-9-5-3-6-10-20/h3-12,22H,2,13-19H2,1H3. The van der Waals surface area contributed by atoms with Gasteiger partial charge in [0.2, 0.25) is 5.91 Å². The van der Waals surface area contributed by atoms with Crippen LogP contribution >= 0.6 is 0 Å². The molecule has 3 rings (SSSR count). The highest BCUT2D eigenvalue weighted by Crippen LogP contribution is 2.20. The van der Waals surface area contributed by atoms with Crippen LogP contribution in [0, 0.1) is 0 Å². The van der Waals surface area contributed by atoms with Crippen molar-refractivity contribution in [1.29, 1.82) is 0 Å². The second-order valence-electron chi connectivity index (χ2n) is 7.17. The predicted molar refractivity (Wildman–Crippen MR) is 107 cm³/mol. The normalized spacial score (nSPS) is 15.7. The first-order chi connectivity index (χ1) is 12.8. The Morgan fingerprint density at radius 3 is 2.12 bits per heavy atom. The van der Waals surface area contributed by atoms with Crippen molar-refractivity contribution in [1.82, 2.24) is 9.80 Å². The number of carbonyl (C=O) groups excluding carboxylic acids is 1. The zero-order chi connectivity index (χ0) is 18.2. The third-order valence-corrected chi connectivity index (χ3v) is 5.38. The lowest BCUT2D eigenvalue weighted by molar-refractivity contribution is -0.135. The van der Waals surface area contributed by atoms with Gasteiger partial charge in [0, 0.05) is 38.6 Å². The molecule has 1 amide bonds. The lowest BCUT2D eigenvalue weighted by Crippen LogP contribution is -2.47. The van der Waals surface area contributed by atoms with Crippen molar-refractivity contribution in [2.45, 2.75) is 45.2 Å². The fraction of sp³-hybridized carbons (Fsp3) is 0.435. The lowest BCUT2D eigenvalue weighted by Gasteiger charge is -2.38. The van der Waals surface area contributed by atoms with E-state index in [1.807, 2.05) is 13.0 Å². The SMILES string of the molecule is CCC(=O)N(Cc1ccccc1)C1CCN(CCc2ccccc2)CC1. The second-order valence-corrected chi connectivity index (χ2v) is 7.17. The molecule has 138 valence electrons. The van der Waals surface area contributed by atoms with Gasteiger partial charge in [0.1, 0.15) is 0 Å². The van der Waals surface area contributed by atoms with Gasteiger partial charge in [-0.1, -0.05) is 67.6 Å². The highest BCUT2D eigenvalue weighted by Gasteiger charge is 2.27. The maximum atomic E-state index is 12.5. The second kappa shape index (κ2) is 9.54. The number of hydrogen-bond donors (Lipinski definition) is 0. The van der Waals surface area contributed by atoms with Crippen LogP contribution in [0.4, 0.5) is 0 Å². The van der Waals surface area contributed by atoms with Crippen molar-refractivity contribution in [2.24, 2.45) is 0 Å². The number of amides is 1. The van der Waals surface area contributed by atoms with Crippen molar-refractivity contribution in [3.63, 3.8) is 0 Å². The fourth-order valence-corrected chi connectivity index (χ4v) is 3.79. The summed E-state index contributed by atoms with van der Waals surface area (Å²) in [5, 5.41) is 0. The number of hydrogen-bond acceptors (Lipinski definition) is 2. The van der Waals surface area contributed by atoms with Gasteiger partial charge < -0.3 is 9.80 Å². The summed E-state index contributed by atoms with van der Waals surface area (Å²) in [7, 11) is 0. The summed E-state index contributed by atoms with van der Waals surface area (Å²) < 4.78 is 0. The van der Waals surface area contributed by atoms with Crippen molar-refractivity contribution < 1.29 is 4.79 Å². The number of nitrogens with zero attached hydrogens (tertiary/aromatic N) is 2. The van der Waals surface area contributed by atoms with Crippen LogP contribution < -0.4 is 0 Å².